The highest BCUT2D eigenvalue weighted by Crippen LogP contribution is 2.13. The summed E-state index contributed by atoms with van der Waals surface area (Å²) in [6, 6.07) is 11.3. The zero-order valence-electron chi connectivity index (χ0n) is 12.0. The quantitative estimate of drug-likeness (QED) is 0.878. The molecule has 116 valence electrons. The number of nitrogens with one attached hydrogen (secondary N) is 1. The van der Waals surface area contributed by atoms with Gasteiger partial charge in [0, 0.05) is 12.5 Å². The SMILES string of the molecule is COc1ccc(NC(=O)CCS(=O)(=O)c2ccccc2)cn1. The van der Waals surface area contributed by atoms with E-state index in [-0.39, 0.29) is 23.0 Å². The van der Waals surface area contributed by atoms with Crippen molar-refractivity contribution in [3.8, 4) is 5.88 Å². The maximum atomic E-state index is 12.1. The summed E-state index contributed by atoms with van der Waals surface area (Å²) in [5.41, 5.74) is 0.489. The molecule has 1 N–H and O–H groups in total. The summed E-state index contributed by atoms with van der Waals surface area (Å²) in [7, 11) is -1.96. The van der Waals surface area contributed by atoms with E-state index >= 15 is 0 Å². The molecule has 2 aromatic rings. The summed E-state index contributed by atoms with van der Waals surface area (Å²) >= 11 is 0. The van der Waals surface area contributed by atoms with Gasteiger partial charge in [-0.1, -0.05) is 18.2 Å². The van der Waals surface area contributed by atoms with Crippen LogP contribution in [0.4, 0.5) is 5.69 Å². The number of carbonyl (C=O) groups is 1. The molecule has 0 spiro atoms. The number of anilines is 1. The molecule has 22 heavy (non-hydrogen) atoms. The number of rotatable bonds is 6. The molecule has 0 aliphatic carbocycles. The average molecular weight is 320 g/mol. The Bertz CT molecular complexity index is 728. The van der Waals surface area contributed by atoms with Crippen LogP contribution in [-0.2, 0) is 14.6 Å². The van der Waals surface area contributed by atoms with E-state index in [4.69, 9.17) is 4.74 Å². The fourth-order valence-electron chi connectivity index (χ4n) is 1.77. The van der Waals surface area contributed by atoms with Gasteiger partial charge in [0.2, 0.25) is 11.8 Å². The Morgan fingerprint density at radius 2 is 1.91 bits per heavy atom. The van der Waals surface area contributed by atoms with E-state index in [0.29, 0.717) is 11.6 Å². The van der Waals surface area contributed by atoms with Crippen LogP contribution in [0.15, 0.2) is 53.6 Å². The number of carbonyl (C=O) groups excluding carboxylic acids is 1. The van der Waals surface area contributed by atoms with Gasteiger partial charge in [0.25, 0.3) is 0 Å². The first-order valence-corrected chi connectivity index (χ1v) is 8.24. The number of benzene rings is 1. The largest absolute Gasteiger partial charge is 0.481 e. The van der Waals surface area contributed by atoms with Gasteiger partial charge in [-0.2, -0.15) is 0 Å². The molecule has 0 fully saturated rings. The van der Waals surface area contributed by atoms with Gasteiger partial charge in [-0.15, -0.1) is 0 Å². The van der Waals surface area contributed by atoms with Crippen LogP contribution in [0.3, 0.4) is 0 Å². The number of sulfone groups is 1. The van der Waals surface area contributed by atoms with E-state index in [9.17, 15) is 13.2 Å². The molecule has 0 saturated carbocycles. The Hall–Kier alpha value is -2.41. The van der Waals surface area contributed by atoms with Gasteiger partial charge in [0.05, 0.1) is 29.6 Å². The number of pyridine rings is 1. The third-order valence-electron chi connectivity index (χ3n) is 2.93. The number of aromatic nitrogens is 1. The van der Waals surface area contributed by atoms with Gasteiger partial charge in [-0.05, 0) is 18.2 Å². The van der Waals surface area contributed by atoms with Gasteiger partial charge >= 0.3 is 0 Å². The smallest absolute Gasteiger partial charge is 0.225 e. The van der Waals surface area contributed by atoms with Crippen LogP contribution >= 0.6 is 0 Å². The topological polar surface area (TPSA) is 85.4 Å². The molecule has 0 radical (unpaired) electrons. The number of amides is 1. The summed E-state index contributed by atoms with van der Waals surface area (Å²) in [6.45, 7) is 0. The van der Waals surface area contributed by atoms with Crippen molar-refractivity contribution in [2.45, 2.75) is 11.3 Å². The Balaban J connectivity index is 1.92. The molecule has 1 amide bonds. The second-order valence-electron chi connectivity index (χ2n) is 4.52. The lowest BCUT2D eigenvalue weighted by atomic mass is 10.4. The van der Waals surface area contributed by atoms with Crippen molar-refractivity contribution in [2.24, 2.45) is 0 Å². The molecule has 2 rings (SSSR count). The highest BCUT2D eigenvalue weighted by Gasteiger charge is 2.16. The molecule has 0 atom stereocenters. The molecule has 7 heteroatoms. The number of methoxy groups -OCH3 is 1. The number of nitrogens with zero attached hydrogens (tertiary/aromatic N) is 1. The van der Waals surface area contributed by atoms with Crippen LogP contribution in [0.1, 0.15) is 6.42 Å². The zero-order chi connectivity index (χ0) is 16.0. The van der Waals surface area contributed by atoms with E-state index in [0.717, 1.165) is 0 Å². The minimum Gasteiger partial charge on any atom is -0.481 e. The van der Waals surface area contributed by atoms with E-state index in [1.165, 1.54) is 25.4 Å². The Morgan fingerprint density at radius 1 is 1.18 bits per heavy atom. The fourth-order valence-corrected chi connectivity index (χ4v) is 3.03. The maximum absolute atomic E-state index is 12.1. The van der Waals surface area contributed by atoms with Crippen molar-refractivity contribution >= 4 is 21.4 Å². The summed E-state index contributed by atoms with van der Waals surface area (Å²) in [4.78, 5) is 16.0. The van der Waals surface area contributed by atoms with Crippen molar-refractivity contribution in [1.29, 1.82) is 0 Å². The molecule has 1 aromatic heterocycles. The lowest BCUT2D eigenvalue weighted by molar-refractivity contribution is -0.115. The van der Waals surface area contributed by atoms with Crippen LogP contribution in [0, 0.1) is 0 Å². The maximum Gasteiger partial charge on any atom is 0.225 e. The van der Waals surface area contributed by atoms with E-state index in [1.807, 2.05) is 0 Å². The van der Waals surface area contributed by atoms with Crippen LogP contribution in [0.5, 0.6) is 5.88 Å². The predicted molar refractivity (Wildman–Crippen MR) is 82.5 cm³/mol. The summed E-state index contributed by atoms with van der Waals surface area (Å²) < 4.78 is 29.0. The molecule has 1 heterocycles. The van der Waals surface area contributed by atoms with Gasteiger partial charge in [0.15, 0.2) is 9.84 Å². The first kappa shape index (κ1) is 16.0. The van der Waals surface area contributed by atoms with E-state index in [2.05, 4.69) is 10.3 Å². The third kappa shape index (κ3) is 4.29. The second-order valence-corrected chi connectivity index (χ2v) is 6.63. The van der Waals surface area contributed by atoms with Crippen molar-refractivity contribution < 1.29 is 17.9 Å². The van der Waals surface area contributed by atoms with Gasteiger partial charge in [-0.25, -0.2) is 13.4 Å². The molecule has 0 saturated heterocycles. The molecule has 6 nitrogen and oxygen atoms in total. The Kier molecular flexibility index (Phi) is 5.11. The van der Waals surface area contributed by atoms with E-state index in [1.54, 1.807) is 30.3 Å². The minimum absolute atomic E-state index is 0.122. The average Bonchev–Trinajstić information content (AvgIpc) is 2.55. The van der Waals surface area contributed by atoms with Crippen LogP contribution < -0.4 is 10.1 Å². The van der Waals surface area contributed by atoms with Crippen LogP contribution in [0.2, 0.25) is 0 Å². The van der Waals surface area contributed by atoms with Crippen molar-refractivity contribution in [3.05, 3.63) is 48.7 Å². The number of ether oxygens (including phenoxy) is 1. The third-order valence-corrected chi connectivity index (χ3v) is 4.66. The molecule has 0 aliphatic heterocycles. The molecular formula is C15H16N2O4S. The highest BCUT2D eigenvalue weighted by molar-refractivity contribution is 7.91. The molecule has 0 bridgehead atoms. The number of hydrogen-bond acceptors (Lipinski definition) is 5. The first-order valence-electron chi connectivity index (χ1n) is 6.59. The molecule has 1 aromatic carbocycles. The second kappa shape index (κ2) is 7.04. The predicted octanol–water partition coefficient (Wildman–Crippen LogP) is 1.89. The molecular weight excluding hydrogens is 304 g/mol. The monoisotopic (exact) mass is 320 g/mol. The summed E-state index contributed by atoms with van der Waals surface area (Å²) in [5, 5.41) is 2.60. The lowest BCUT2D eigenvalue weighted by Gasteiger charge is -2.06. The standard InChI is InChI=1S/C15H16N2O4S/c1-21-15-8-7-12(11-16-15)17-14(18)9-10-22(19,20)13-5-3-2-4-6-13/h2-8,11H,9-10H2,1H3,(H,17,18). The molecule has 0 unspecified atom stereocenters. The van der Waals surface area contributed by atoms with Crippen molar-refractivity contribution in [2.75, 3.05) is 18.2 Å². The minimum atomic E-state index is -3.45. The van der Waals surface area contributed by atoms with Crippen molar-refractivity contribution in [3.63, 3.8) is 0 Å². The van der Waals surface area contributed by atoms with Crippen LogP contribution in [-0.4, -0.2) is 32.2 Å². The summed E-state index contributed by atoms with van der Waals surface area (Å²) in [6.07, 6.45) is 1.33. The van der Waals surface area contributed by atoms with E-state index < -0.39 is 9.84 Å². The highest BCUT2D eigenvalue weighted by atomic mass is 32.2. The Morgan fingerprint density at radius 3 is 2.50 bits per heavy atom. The van der Waals surface area contributed by atoms with Crippen LogP contribution in [0.25, 0.3) is 0 Å². The molecule has 0 aliphatic rings. The first-order chi connectivity index (χ1) is 10.5. The zero-order valence-corrected chi connectivity index (χ0v) is 12.8. The fraction of sp³-hybridized carbons (Fsp3) is 0.200. The van der Waals surface area contributed by atoms with Gasteiger partial charge < -0.3 is 10.1 Å². The van der Waals surface area contributed by atoms with Gasteiger partial charge in [0.1, 0.15) is 0 Å². The lowest BCUT2D eigenvalue weighted by Crippen LogP contribution is -2.17. The number of hydrogen-bond donors (Lipinski definition) is 1. The van der Waals surface area contributed by atoms with Crippen molar-refractivity contribution in [1.82, 2.24) is 4.98 Å². The summed E-state index contributed by atoms with van der Waals surface area (Å²) in [5.74, 6) is -0.192. The van der Waals surface area contributed by atoms with Gasteiger partial charge in [-0.3, -0.25) is 4.79 Å². The Labute approximate surface area is 129 Å². The normalized spacial score (nSPS) is 11.0.